The number of para-hydroxylation sites is 1. The topological polar surface area (TPSA) is 61.4 Å². The lowest BCUT2D eigenvalue weighted by molar-refractivity contribution is -0.137. The predicted molar refractivity (Wildman–Crippen MR) is 106 cm³/mol. The normalized spacial score (nSPS) is 16.0. The molecule has 2 aromatic carbocycles. The van der Waals surface area contributed by atoms with Gasteiger partial charge in [-0.05, 0) is 43.7 Å². The van der Waals surface area contributed by atoms with E-state index < -0.39 is 23.6 Å². The number of alkyl halides is 3. The zero-order valence-corrected chi connectivity index (χ0v) is 16.1. The molecule has 154 valence electrons. The lowest BCUT2D eigenvalue weighted by atomic mass is 9.89. The quantitative estimate of drug-likeness (QED) is 0.763. The molecule has 1 aliphatic heterocycles. The number of hydrogen-bond acceptors (Lipinski definition) is 3. The molecular weight excluding hydrogens is 383 g/mol. The second kappa shape index (κ2) is 8.14. The van der Waals surface area contributed by atoms with Crippen molar-refractivity contribution in [2.45, 2.75) is 32.4 Å². The summed E-state index contributed by atoms with van der Waals surface area (Å²) in [5, 5.41) is 5.35. The summed E-state index contributed by atoms with van der Waals surface area (Å²) in [5.41, 5.74) is 0.922. The van der Waals surface area contributed by atoms with E-state index >= 15 is 0 Å². The van der Waals surface area contributed by atoms with E-state index in [9.17, 15) is 22.8 Å². The van der Waals surface area contributed by atoms with Gasteiger partial charge in [0.25, 0.3) is 0 Å². The predicted octanol–water partition coefficient (Wildman–Crippen LogP) is 4.62. The highest BCUT2D eigenvalue weighted by Gasteiger charge is 2.33. The van der Waals surface area contributed by atoms with Gasteiger partial charge in [-0.1, -0.05) is 18.2 Å². The van der Waals surface area contributed by atoms with Crippen LogP contribution in [0.3, 0.4) is 0 Å². The van der Waals surface area contributed by atoms with E-state index in [1.807, 2.05) is 18.7 Å². The Labute approximate surface area is 166 Å². The summed E-state index contributed by atoms with van der Waals surface area (Å²) in [6.07, 6.45) is -4.60. The van der Waals surface area contributed by atoms with Crippen LogP contribution in [0.25, 0.3) is 0 Å². The number of amides is 2. The van der Waals surface area contributed by atoms with Crippen LogP contribution < -0.4 is 15.5 Å². The van der Waals surface area contributed by atoms with Crippen LogP contribution in [0.5, 0.6) is 0 Å². The van der Waals surface area contributed by atoms with Crippen molar-refractivity contribution in [3.05, 3.63) is 53.6 Å². The Bertz CT molecular complexity index is 924. The summed E-state index contributed by atoms with van der Waals surface area (Å²) < 4.78 is 39.7. The van der Waals surface area contributed by atoms with Crippen molar-refractivity contribution in [2.24, 2.45) is 0 Å². The highest BCUT2D eigenvalue weighted by Crippen LogP contribution is 2.37. The van der Waals surface area contributed by atoms with Gasteiger partial charge in [-0.15, -0.1) is 0 Å². The van der Waals surface area contributed by atoms with E-state index in [2.05, 4.69) is 10.6 Å². The first-order valence-corrected chi connectivity index (χ1v) is 9.40. The highest BCUT2D eigenvalue weighted by atomic mass is 19.4. The summed E-state index contributed by atoms with van der Waals surface area (Å²) >= 11 is 0. The van der Waals surface area contributed by atoms with Crippen molar-refractivity contribution in [1.29, 1.82) is 0 Å². The molecule has 0 saturated carbocycles. The van der Waals surface area contributed by atoms with Crippen LogP contribution in [-0.2, 0) is 15.8 Å². The number of benzene rings is 2. The van der Waals surface area contributed by atoms with Crippen molar-refractivity contribution < 1.29 is 22.8 Å². The van der Waals surface area contributed by atoms with Crippen molar-refractivity contribution in [1.82, 2.24) is 0 Å². The van der Waals surface area contributed by atoms with Crippen molar-refractivity contribution in [2.75, 3.05) is 28.6 Å². The van der Waals surface area contributed by atoms with Gasteiger partial charge in [-0.3, -0.25) is 9.59 Å². The Morgan fingerprint density at radius 3 is 2.52 bits per heavy atom. The van der Waals surface area contributed by atoms with Crippen LogP contribution in [0.2, 0.25) is 0 Å². The number of nitrogens with one attached hydrogen (secondary N) is 2. The zero-order chi connectivity index (χ0) is 21.2. The molecule has 0 fully saturated rings. The Hall–Kier alpha value is -3.03. The first kappa shape index (κ1) is 20.7. The lowest BCUT2D eigenvalue weighted by Gasteiger charge is -2.28. The molecule has 8 heteroatoms. The molecule has 1 aliphatic rings. The van der Waals surface area contributed by atoms with Crippen LogP contribution in [0.1, 0.15) is 37.3 Å². The Morgan fingerprint density at radius 2 is 1.86 bits per heavy atom. The molecule has 5 nitrogen and oxygen atoms in total. The molecule has 3 rings (SSSR count). The average molecular weight is 405 g/mol. The maximum Gasteiger partial charge on any atom is 0.416 e. The fourth-order valence-electron chi connectivity index (χ4n) is 3.52. The van der Waals surface area contributed by atoms with Crippen LogP contribution >= 0.6 is 0 Å². The fourth-order valence-corrected chi connectivity index (χ4v) is 3.52. The summed E-state index contributed by atoms with van der Waals surface area (Å²) in [6, 6.07) is 10.2. The number of hydrogen-bond donors (Lipinski definition) is 2. The first-order chi connectivity index (χ1) is 13.7. The Kier molecular flexibility index (Phi) is 5.81. The Morgan fingerprint density at radius 1 is 1.17 bits per heavy atom. The van der Waals surface area contributed by atoms with E-state index in [0.29, 0.717) is 30.0 Å². The lowest BCUT2D eigenvalue weighted by Crippen LogP contribution is -2.31. The zero-order valence-electron chi connectivity index (χ0n) is 16.1. The maximum absolute atomic E-state index is 13.2. The summed E-state index contributed by atoms with van der Waals surface area (Å²) in [4.78, 5) is 26.9. The van der Waals surface area contributed by atoms with Crippen LogP contribution in [0, 0.1) is 0 Å². The van der Waals surface area contributed by atoms with Crippen molar-refractivity contribution >= 4 is 28.9 Å². The third kappa shape index (κ3) is 4.36. The molecule has 0 bridgehead atoms. The average Bonchev–Trinajstić information content (AvgIpc) is 2.68. The monoisotopic (exact) mass is 405 g/mol. The molecule has 0 unspecified atom stereocenters. The fraction of sp³-hybridized carbons (Fsp3) is 0.333. The van der Waals surface area contributed by atoms with Gasteiger partial charge in [0, 0.05) is 25.2 Å². The van der Waals surface area contributed by atoms with Crippen LogP contribution in [-0.4, -0.2) is 24.9 Å². The SMILES string of the molecule is CCN(CC)c1ccc(C(F)(F)F)cc1NC(=O)[C@@H]1CC(=O)Nc2ccccc21. The number of carbonyl (C=O) groups excluding carboxylic acids is 2. The van der Waals surface area contributed by atoms with Gasteiger partial charge in [0.2, 0.25) is 11.8 Å². The molecule has 0 saturated heterocycles. The standard InChI is InChI=1S/C21H22F3N3O2/c1-3-27(4-2)18-10-9-13(21(22,23)24)11-17(18)26-20(29)15-12-19(28)25-16-8-6-5-7-14(15)16/h5-11,15H,3-4,12H2,1-2H3,(H,25,28)(H,26,29)/t15-/m1/s1. The third-order valence-corrected chi connectivity index (χ3v) is 5.00. The molecule has 29 heavy (non-hydrogen) atoms. The van der Waals surface area contributed by atoms with Crippen molar-refractivity contribution in [3.8, 4) is 0 Å². The molecule has 2 aromatic rings. The molecule has 0 aliphatic carbocycles. The second-order valence-electron chi connectivity index (χ2n) is 6.78. The number of fused-ring (bicyclic) bond motifs is 1. The molecule has 1 atom stereocenters. The highest BCUT2D eigenvalue weighted by molar-refractivity contribution is 6.06. The van der Waals surface area contributed by atoms with Crippen LogP contribution in [0.4, 0.5) is 30.2 Å². The number of carbonyl (C=O) groups is 2. The van der Waals surface area contributed by atoms with Gasteiger partial charge in [0.05, 0.1) is 22.9 Å². The van der Waals surface area contributed by atoms with Gasteiger partial charge >= 0.3 is 6.18 Å². The molecular formula is C21H22F3N3O2. The van der Waals surface area contributed by atoms with Gasteiger partial charge in [0.1, 0.15) is 0 Å². The molecule has 0 spiro atoms. The maximum atomic E-state index is 13.2. The van der Waals surface area contributed by atoms with E-state index in [4.69, 9.17) is 0 Å². The third-order valence-electron chi connectivity index (χ3n) is 5.00. The minimum absolute atomic E-state index is 0.0671. The van der Waals surface area contributed by atoms with E-state index in [-0.39, 0.29) is 18.0 Å². The van der Waals surface area contributed by atoms with Crippen molar-refractivity contribution in [3.63, 3.8) is 0 Å². The van der Waals surface area contributed by atoms with E-state index in [1.54, 1.807) is 24.3 Å². The number of anilines is 3. The van der Waals surface area contributed by atoms with E-state index in [1.165, 1.54) is 6.07 Å². The minimum Gasteiger partial charge on any atom is -0.370 e. The molecule has 0 radical (unpaired) electrons. The number of halogens is 3. The molecule has 2 amide bonds. The molecule has 0 aromatic heterocycles. The van der Waals surface area contributed by atoms with Gasteiger partial charge < -0.3 is 15.5 Å². The smallest absolute Gasteiger partial charge is 0.370 e. The largest absolute Gasteiger partial charge is 0.416 e. The van der Waals surface area contributed by atoms with Gasteiger partial charge in [0.15, 0.2) is 0 Å². The molecule has 2 N–H and O–H groups in total. The summed E-state index contributed by atoms with van der Waals surface area (Å²) in [5.74, 6) is -1.60. The number of rotatable bonds is 5. The summed E-state index contributed by atoms with van der Waals surface area (Å²) in [6.45, 7) is 4.90. The van der Waals surface area contributed by atoms with Gasteiger partial charge in [-0.2, -0.15) is 13.2 Å². The van der Waals surface area contributed by atoms with E-state index in [0.717, 1.165) is 12.1 Å². The van der Waals surface area contributed by atoms with Gasteiger partial charge in [-0.25, -0.2) is 0 Å². The number of nitrogens with zero attached hydrogens (tertiary/aromatic N) is 1. The van der Waals surface area contributed by atoms with Crippen LogP contribution in [0.15, 0.2) is 42.5 Å². The summed E-state index contributed by atoms with van der Waals surface area (Å²) in [7, 11) is 0. The minimum atomic E-state index is -4.53. The second-order valence-corrected chi connectivity index (χ2v) is 6.78. The first-order valence-electron chi connectivity index (χ1n) is 9.40. The molecule has 1 heterocycles. The Balaban J connectivity index is 1.98.